The molecule has 0 aromatic heterocycles. The predicted molar refractivity (Wildman–Crippen MR) is 133 cm³/mol. The average Bonchev–Trinajstić information content (AvgIpc) is 3.49. The van der Waals surface area contributed by atoms with Crippen molar-refractivity contribution in [2.45, 2.75) is 13.3 Å². The van der Waals surface area contributed by atoms with Crippen LogP contribution in [0.3, 0.4) is 0 Å². The molecule has 0 atom stereocenters. The van der Waals surface area contributed by atoms with E-state index in [1.807, 2.05) is 0 Å². The summed E-state index contributed by atoms with van der Waals surface area (Å²) >= 11 is 1.47. The maximum Gasteiger partial charge on any atom is -1.00 e. The topological polar surface area (TPSA) is 0 Å². The number of hydrogen-bond acceptors (Lipinski definition) is 0. The Morgan fingerprint density at radius 3 is 1.83 bits per heavy atom. The van der Waals surface area contributed by atoms with Gasteiger partial charge in [0.25, 0.3) is 0 Å². The molecule has 2 aliphatic carbocycles. The molecule has 0 spiro atoms. The van der Waals surface area contributed by atoms with Gasteiger partial charge < -0.3 is 24.8 Å². The van der Waals surface area contributed by atoms with Crippen LogP contribution in [0.1, 0.15) is 34.2 Å². The zero-order valence-electron chi connectivity index (χ0n) is 19.4. The molecule has 0 heterocycles. The van der Waals surface area contributed by atoms with Crippen LogP contribution >= 0.6 is 0 Å². The number of fused-ring (bicyclic) bond motifs is 2. The van der Waals surface area contributed by atoms with E-state index < -0.39 is 0 Å². The normalized spacial score (nSPS) is 12.9. The fourth-order valence-electron chi connectivity index (χ4n) is 5.30. The van der Waals surface area contributed by atoms with Crippen LogP contribution in [0.25, 0.3) is 14.4 Å². The van der Waals surface area contributed by atoms with Crippen LogP contribution in [0.5, 0.6) is 0 Å². The van der Waals surface area contributed by atoms with Gasteiger partial charge >= 0.3 is 210 Å². The molecule has 0 bridgehead atoms. The third kappa shape index (κ3) is 4.36. The average molecular weight is 570 g/mol. The number of halogens is 2. The van der Waals surface area contributed by atoms with Crippen LogP contribution in [-0.2, 0) is 24.7 Å². The summed E-state index contributed by atoms with van der Waals surface area (Å²) in [5.41, 5.74) is 9.46. The van der Waals surface area contributed by atoms with Crippen LogP contribution in [0.4, 0.5) is 0 Å². The third-order valence-electron chi connectivity index (χ3n) is 6.73. The molecule has 0 saturated carbocycles. The van der Waals surface area contributed by atoms with E-state index in [2.05, 4.69) is 116 Å². The SMILES string of the molecule is Cc1cc2c(c(C3=CC=CC3)c1=C(c1ccccc1)c1ccccc1)[C]([Zr+2])=c1ccccc1=2.[Cl-].[Cl-]. The van der Waals surface area contributed by atoms with Crippen LogP contribution in [-0.4, -0.2) is 0 Å². The molecule has 0 N–H and O–H groups in total. The van der Waals surface area contributed by atoms with Crippen LogP contribution in [0.15, 0.2) is 109 Å². The third-order valence-corrected chi connectivity index (χ3v) is 8.00. The van der Waals surface area contributed by atoms with Gasteiger partial charge in [0, 0.05) is 0 Å². The smallest absolute Gasteiger partial charge is 1.00 e. The van der Waals surface area contributed by atoms with E-state index in [0.717, 1.165) is 6.42 Å². The van der Waals surface area contributed by atoms with Gasteiger partial charge in [-0.15, -0.1) is 0 Å². The quantitative estimate of drug-likeness (QED) is 0.324. The second-order valence-corrected chi connectivity index (χ2v) is 9.95. The number of aryl methyl sites for hydroxylation is 1. The summed E-state index contributed by atoms with van der Waals surface area (Å²) in [4.78, 5) is 0. The van der Waals surface area contributed by atoms with Crippen molar-refractivity contribution < 1.29 is 49.5 Å². The van der Waals surface area contributed by atoms with E-state index in [4.69, 9.17) is 0 Å². The minimum atomic E-state index is 0. The van der Waals surface area contributed by atoms with Gasteiger partial charge in [0.1, 0.15) is 0 Å². The molecule has 6 rings (SSSR count). The second-order valence-electron chi connectivity index (χ2n) is 8.72. The molecule has 0 nitrogen and oxygen atoms in total. The van der Waals surface area contributed by atoms with E-state index >= 15 is 0 Å². The summed E-state index contributed by atoms with van der Waals surface area (Å²) in [7, 11) is 0. The Kier molecular flexibility index (Phi) is 7.82. The van der Waals surface area contributed by atoms with Gasteiger partial charge in [-0.25, -0.2) is 0 Å². The molecule has 0 radical (unpaired) electrons. The molecular weight excluding hydrogens is 546 g/mol. The first-order valence-corrected chi connectivity index (χ1v) is 12.7. The second kappa shape index (κ2) is 10.7. The van der Waals surface area contributed by atoms with E-state index in [-0.39, 0.29) is 24.8 Å². The Bertz CT molecular complexity index is 1640. The van der Waals surface area contributed by atoms with Gasteiger partial charge in [-0.1, -0.05) is 0 Å². The fourth-order valence-corrected chi connectivity index (χ4v) is 6.48. The van der Waals surface area contributed by atoms with Crippen molar-refractivity contribution in [2.24, 2.45) is 0 Å². The molecule has 0 fully saturated rings. The number of hydrogen-bond donors (Lipinski definition) is 0. The minimum absolute atomic E-state index is 0. The van der Waals surface area contributed by atoms with Crippen molar-refractivity contribution in [2.75, 3.05) is 0 Å². The van der Waals surface area contributed by atoms with Crippen molar-refractivity contribution in [3.8, 4) is 0 Å². The molecule has 169 valence electrons. The van der Waals surface area contributed by atoms with E-state index in [9.17, 15) is 0 Å². The van der Waals surface area contributed by atoms with Gasteiger partial charge in [0.15, 0.2) is 0 Å². The summed E-state index contributed by atoms with van der Waals surface area (Å²) in [5.74, 6) is 0. The maximum absolute atomic E-state index is 2.43. The summed E-state index contributed by atoms with van der Waals surface area (Å²) in [6.45, 7) is 2.29. The first-order valence-electron chi connectivity index (χ1n) is 11.4. The molecule has 4 aromatic rings. The van der Waals surface area contributed by atoms with Crippen molar-refractivity contribution in [3.05, 3.63) is 158 Å². The van der Waals surface area contributed by atoms with Crippen molar-refractivity contribution >= 4 is 14.4 Å². The first kappa shape index (κ1) is 25.6. The molecule has 35 heavy (non-hydrogen) atoms. The van der Waals surface area contributed by atoms with Gasteiger partial charge in [-0.2, -0.15) is 0 Å². The summed E-state index contributed by atoms with van der Waals surface area (Å²) < 4.78 is 1.47. The molecule has 2 aliphatic rings. The van der Waals surface area contributed by atoms with Gasteiger partial charge in [-0.3, -0.25) is 0 Å². The minimum Gasteiger partial charge on any atom is -1.00 e. The summed E-state index contributed by atoms with van der Waals surface area (Å²) in [6.07, 6.45) is 7.80. The standard InChI is InChI=1S/C32H23.2ClH.Zr/c1-22-20-28-27-19-11-10-18-26(27)21-29(28)32(25-16-8-9-17-25)30(22)31(23-12-4-2-5-13-23)24-14-6-3-7-15-24;;;/h2-16,18-20H,17H2,1H3;2*1H;/q;;;+2/p-2. The van der Waals surface area contributed by atoms with Gasteiger partial charge in [0.2, 0.25) is 0 Å². The van der Waals surface area contributed by atoms with E-state index in [1.54, 1.807) is 0 Å². The molecule has 4 aromatic carbocycles. The molecule has 0 aliphatic heterocycles. The summed E-state index contributed by atoms with van der Waals surface area (Å²) in [6, 6.07) is 33.1. The Morgan fingerprint density at radius 1 is 0.686 bits per heavy atom. The van der Waals surface area contributed by atoms with Gasteiger partial charge in [-0.05, 0) is 0 Å². The number of rotatable bonds is 3. The molecule has 0 saturated heterocycles. The zero-order valence-corrected chi connectivity index (χ0v) is 23.3. The first-order chi connectivity index (χ1) is 16.2. The van der Waals surface area contributed by atoms with Crippen molar-refractivity contribution in [1.82, 2.24) is 0 Å². The van der Waals surface area contributed by atoms with Gasteiger partial charge in [0.05, 0.1) is 0 Å². The summed E-state index contributed by atoms with van der Waals surface area (Å²) in [5, 5.41) is 5.54. The van der Waals surface area contributed by atoms with Crippen LogP contribution in [0.2, 0.25) is 0 Å². The largest absolute Gasteiger partial charge is 1.00 e. The Morgan fingerprint density at radius 2 is 1.26 bits per heavy atom. The number of benzene rings is 4. The Labute approximate surface area is 233 Å². The Hall–Kier alpha value is -2.44. The monoisotopic (exact) mass is 567 g/mol. The predicted octanol–water partition coefficient (Wildman–Crippen LogP) is -0.103. The molecule has 0 unspecified atom stereocenters. The van der Waals surface area contributed by atoms with Crippen LogP contribution in [0, 0.1) is 17.4 Å². The van der Waals surface area contributed by atoms with E-state index in [1.165, 1.54) is 87.8 Å². The maximum atomic E-state index is 2.43. The Balaban J connectivity index is 0.00000144. The van der Waals surface area contributed by atoms with Crippen molar-refractivity contribution in [1.29, 1.82) is 0 Å². The number of allylic oxidation sites excluding steroid dienone is 4. The van der Waals surface area contributed by atoms with Crippen molar-refractivity contribution in [3.63, 3.8) is 0 Å². The molecular formula is C32H23Cl2Zr. The molecule has 3 heteroatoms. The van der Waals surface area contributed by atoms with E-state index in [0.29, 0.717) is 0 Å². The fraction of sp³-hybridized carbons (Fsp3) is 0.0625. The van der Waals surface area contributed by atoms with Crippen LogP contribution < -0.4 is 35.3 Å². The molecule has 0 amide bonds. The zero-order chi connectivity index (χ0) is 22.4.